The fourth-order valence-corrected chi connectivity index (χ4v) is 3.03. The van der Waals surface area contributed by atoms with E-state index >= 15 is 0 Å². The van der Waals surface area contributed by atoms with Crippen molar-refractivity contribution < 1.29 is 14.7 Å². The molecule has 3 rings (SSSR count). The summed E-state index contributed by atoms with van der Waals surface area (Å²) in [5, 5.41) is 15.2. The van der Waals surface area contributed by atoms with Gasteiger partial charge >= 0.3 is 6.03 Å². The van der Waals surface area contributed by atoms with Gasteiger partial charge in [-0.3, -0.25) is 4.79 Å². The minimum Gasteiger partial charge on any atom is -0.508 e. The number of amides is 3. The highest BCUT2D eigenvalue weighted by Gasteiger charge is 2.26. The fourth-order valence-electron chi connectivity index (χ4n) is 3.03. The zero-order valence-electron chi connectivity index (χ0n) is 12.5. The summed E-state index contributed by atoms with van der Waals surface area (Å²) in [5.41, 5.74) is 2.13. The van der Waals surface area contributed by atoms with Crippen LogP contribution in [0.25, 0.3) is 0 Å². The van der Waals surface area contributed by atoms with Crippen LogP contribution in [0.4, 0.5) is 4.79 Å². The van der Waals surface area contributed by atoms with Crippen molar-refractivity contribution >= 4 is 11.9 Å². The van der Waals surface area contributed by atoms with Crippen LogP contribution in [0.5, 0.6) is 5.75 Å². The highest BCUT2D eigenvalue weighted by Crippen LogP contribution is 2.23. The second-order valence-electron chi connectivity index (χ2n) is 5.91. The average Bonchev–Trinajstić information content (AvgIpc) is 2.71. The van der Waals surface area contributed by atoms with E-state index in [1.165, 1.54) is 0 Å². The summed E-state index contributed by atoms with van der Waals surface area (Å²) in [6.07, 6.45) is 3.33. The lowest BCUT2D eigenvalue weighted by atomic mass is 10.00. The number of nitrogens with zero attached hydrogens (tertiary/aromatic N) is 1. The minimum absolute atomic E-state index is 0.0964. The number of carbonyl (C=O) groups is 2. The zero-order chi connectivity index (χ0) is 15.5. The summed E-state index contributed by atoms with van der Waals surface area (Å²) in [5.74, 6) is 0.116. The third-order valence-corrected chi connectivity index (χ3v) is 4.32. The molecule has 2 aliphatic heterocycles. The maximum Gasteiger partial charge on any atom is 0.318 e. The van der Waals surface area contributed by atoms with Crippen LogP contribution in [-0.2, 0) is 17.8 Å². The van der Waals surface area contributed by atoms with E-state index < -0.39 is 6.04 Å². The van der Waals surface area contributed by atoms with Crippen LogP contribution in [0, 0.1) is 0 Å². The van der Waals surface area contributed by atoms with Crippen molar-refractivity contribution in [3.05, 3.63) is 29.3 Å². The van der Waals surface area contributed by atoms with Gasteiger partial charge in [-0.1, -0.05) is 6.07 Å². The third kappa shape index (κ3) is 3.16. The lowest BCUT2D eigenvalue weighted by Crippen LogP contribution is -2.51. The zero-order valence-corrected chi connectivity index (χ0v) is 12.5. The number of nitrogens with one attached hydrogen (secondary N) is 2. The van der Waals surface area contributed by atoms with E-state index in [1.807, 2.05) is 6.07 Å². The third-order valence-electron chi connectivity index (χ3n) is 4.32. The molecule has 2 aliphatic rings. The first kappa shape index (κ1) is 14.7. The highest BCUT2D eigenvalue weighted by atomic mass is 16.3. The lowest BCUT2D eigenvalue weighted by molar-refractivity contribution is -0.122. The van der Waals surface area contributed by atoms with E-state index in [4.69, 9.17) is 0 Å². The Kier molecular flexibility index (Phi) is 4.18. The average molecular weight is 303 g/mol. The van der Waals surface area contributed by atoms with Crippen molar-refractivity contribution in [3.63, 3.8) is 0 Å². The normalized spacial score (nSPS) is 21.5. The van der Waals surface area contributed by atoms with Crippen molar-refractivity contribution in [3.8, 4) is 5.75 Å². The van der Waals surface area contributed by atoms with Gasteiger partial charge in [0.05, 0.1) is 0 Å². The van der Waals surface area contributed by atoms with Gasteiger partial charge in [-0.25, -0.2) is 4.79 Å². The first-order valence-corrected chi connectivity index (χ1v) is 7.77. The second kappa shape index (κ2) is 6.25. The molecular weight excluding hydrogens is 282 g/mol. The van der Waals surface area contributed by atoms with Gasteiger partial charge in [0.15, 0.2) is 0 Å². The Hall–Kier alpha value is -2.24. The van der Waals surface area contributed by atoms with Gasteiger partial charge in [-0.15, -0.1) is 0 Å². The minimum atomic E-state index is -0.444. The van der Waals surface area contributed by atoms with E-state index in [-0.39, 0.29) is 17.7 Å². The quantitative estimate of drug-likeness (QED) is 0.727. The summed E-state index contributed by atoms with van der Waals surface area (Å²) in [6, 6.07) is 4.62. The molecule has 3 N–H and O–H groups in total. The largest absolute Gasteiger partial charge is 0.508 e. The Morgan fingerprint density at radius 3 is 3.05 bits per heavy atom. The van der Waals surface area contributed by atoms with Crippen molar-refractivity contribution in [2.75, 3.05) is 13.1 Å². The molecule has 2 heterocycles. The summed E-state index contributed by atoms with van der Waals surface area (Å²) in [4.78, 5) is 26.0. The van der Waals surface area contributed by atoms with Gasteiger partial charge in [0.2, 0.25) is 5.91 Å². The number of phenols is 1. The summed E-state index contributed by atoms with van der Waals surface area (Å²) >= 11 is 0. The number of phenolic OH excluding ortho intramolecular Hbond substituents is 1. The standard InChI is InChI=1S/C16H21N3O3/c20-13-5-4-11-6-8-19(10-12(11)9-13)16(22)18-14-3-1-2-7-17-15(14)21/h4-5,9,14,20H,1-3,6-8,10H2,(H,17,21)(H,18,22). The molecule has 1 saturated heterocycles. The maximum absolute atomic E-state index is 12.4. The van der Waals surface area contributed by atoms with Crippen LogP contribution in [0.3, 0.4) is 0 Å². The van der Waals surface area contributed by atoms with Gasteiger partial charge in [-0.2, -0.15) is 0 Å². The van der Waals surface area contributed by atoms with Crippen molar-refractivity contribution in [2.24, 2.45) is 0 Å². The maximum atomic E-state index is 12.4. The van der Waals surface area contributed by atoms with E-state index in [9.17, 15) is 14.7 Å². The molecule has 1 fully saturated rings. The molecule has 1 atom stereocenters. The van der Waals surface area contributed by atoms with Gasteiger partial charge in [0.1, 0.15) is 11.8 Å². The molecule has 0 bridgehead atoms. The number of hydrogen-bond donors (Lipinski definition) is 3. The summed E-state index contributed by atoms with van der Waals surface area (Å²) in [7, 11) is 0. The first-order chi connectivity index (χ1) is 10.6. The van der Waals surface area contributed by atoms with Crippen molar-refractivity contribution in [1.82, 2.24) is 15.5 Å². The predicted molar refractivity (Wildman–Crippen MR) is 81.4 cm³/mol. The van der Waals surface area contributed by atoms with Crippen LogP contribution in [0.15, 0.2) is 18.2 Å². The number of aromatic hydroxyl groups is 1. The lowest BCUT2D eigenvalue weighted by Gasteiger charge is -2.30. The van der Waals surface area contributed by atoms with Crippen LogP contribution < -0.4 is 10.6 Å². The van der Waals surface area contributed by atoms with Crippen molar-refractivity contribution in [1.29, 1.82) is 0 Å². The Labute approximate surface area is 129 Å². The molecule has 1 aromatic rings. The topological polar surface area (TPSA) is 81.7 Å². The van der Waals surface area contributed by atoms with E-state index in [1.54, 1.807) is 17.0 Å². The number of carbonyl (C=O) groups excluding carboxylic acids is 2. The van der Waals surface area contributed by atoms with Gasteiger partial charge < -0.3 is 20.6 Å². The Balaban J connectivity index is 1.64. The van der Waals surface area contributed by atoms with E-state index in [2.05, 4.69) is 10.6 Å². The molecular formula is C16H21N3O3. The highest BCUT2D eigenvalue weighted by molar-refractivity contribution is 5.87. The Bertz CT molecular complexity index is 588. The number of urea groups is 1. The number of rotatable bonds is 1. The molecule has 0 aliphatic carbocycles. The SMILES string of the molecule is O=C1NCCCCC1NC(=O)N1CCc2ccc(O)cc2C1. The number of benzene rings is 1. The predicted octanol–water partition coefficient (Wildman–Crippen LogP) is 1.13. The molecule has 22 heavy (non-hydrogen) atoms. The number of fused-ring (bicyclic) bond motifs is 1. The summed E-state index contributed by atoms with van der Waals surface area (Å²) < 4.78 is 0. The smallest absolute Gasteiger partial charge is 0.318 e. The van der Waals surface area contributed by atoms with Crippen LogP contribution in [0.1, 0.15) is 30.4 Å². The molecule has 3 amide bonds. The molecule has 1 aromatic carbocycles. The monoisotopic (exact) mass is 303 g/mol. The van der Waals surface area contributed by atoms with Crippen LogP contribution >= 0.6 is 0 Å². The Morgan fingerprint density at radius 2 is 2.18 bits per heavy atom. The molecule has 1 unspecified atom stereocenters. The second-order valence-corrected chi connectivity index (χ2v) is 5.91. The van der Waals surface area contributed by atoms with Crippen LogP contribution in [-0.4, -0.2) is 41.1 Å². The molecule has 0 spiro atoms. The van der Waals surface area contributed by atoms with Crippen molar-refractivity contribution in [2.45, 2.75) is 38.3 Å². The molecule has 6 heteroatoms. The Morgan fingerprint density at radius 1 is 1.32 bits per heavy atom. The van der Waals surface area contributed by atoms with E-state index in [0.717, 1.165) is 30.4 Å². The van der Waals surface area contributed by atoms with Gasteiger partial charge in [-0.05, 0) is 48.9 Å². The molecule has 6 nitrogen and oxygen atoms in total. The van der Waals surface area contributed by atoms with Crippen LogP contribution in [0.2, 0.25) is 0 Å². The van der Waals surface area contributed by atoms with Gasteiger partial charge in [0, 0.05) is 19.6 Å². The molecule has 0 radical (unpaired) electrons. The molecule has 0 saturated carbocycles. The molecule has 118 valence electrons. The van der Waals surface area contributed by atoms with Gasteiger partial charge in [0.25, 0.3) is 0 Å². The fraction of sp³-hybridized carbons (Fsp3) is 0.500. The number of hydrogen-bond acceptors (Lipinski definition) is 3. The molecule has 0 aromatic heterocycles. The summed E-state index contributed by atoms with van der Waals surface area (Å²) in [6.45, 7) is 1.77. The van der Waals surface area contributed by atoms with E-state index in [0.29, 0.717) is 26.1 Å². The first-order valence-electron chi connectivity index (χ1n) is 7.77.